The van der Waals surface area contributed by atoms with Crippen LogP contribution in [0.2, 0.25) is 5.02 Å². The van der Waals surface area contributed by atoms with Crippen LogP contribution < -0.4 is 24.8 Å². The molecule has 14 heteroatoms. The highest BCUT2D eigenvalue weighted by atomic mass is 35.5. The average Bonchev–Trinajstić information content (AvgIpc) is 3.36. The number of hydrogen-bond acceptors (Lipinski definition) is 9. The summed E-state index contributed by atoms with van der Waals surface area (Å²) in [7, 11) is 2.97. The van der Waals surface area contributed by atoms with Gasteiger partial charge in [0, 0.05) is 36.3 Å². The molecule has 6 rings (SSSR count). The zero-order valence-corrected chi connectivity index (χ0v) is 28.5. The van der Waals surface area contributed by atoms with Gasteiger partial charge in [0.15, 0.2) is 0 Å². The average molecular weight is 699 g/mol. The maximum atomic E-state index is 14.1. The number of benzene rings is 1. The molecule has 3 N–H and O–H groups in total. The van der Waals surface area contributed by atoms with Gasteiger partial charge in [0.2, 0.25) is 17.7 Å². The van der Waals surface area contributed by atoms with Gasteiger partial charge in [-0.2, -0.15) is 0 Å². The maximum Gasteiger partial charge on any atom is 0.407 e. The predicted octanol–water partition coefficient (Wildman–Crippen LogP) is 4.77. The highest BCUT2D eigenvalue weighted by molar-refractivity contribution is 6.36. The van der Waals surface area contributed by atoms with Crippen molar-refractivity contribution in [1.82, 2.24) is 20.5 Å². The molecule has 4 aliphatic rings. The highest BCUT2D eigenvalue weighted by Gasteiger charge is 2.61. The number of carboxylic acids is 1. The molecule has 3 fully saturated rings. The zero-order valence-electron chi connectivity index (χ0n) is 27.7. The lowest BCUT2D eigenvalue weighted by Gasteiger charge is -2.27. The van der Waals surface area contributed by atoms with E-state index in [1.165, 1.54) is 19.1 Å². The van der Waals surface area contributed by atoms with Crippen molar-refractivity contribution in [3.8, 4) is 17.4 Å². The van der Waals surface area contributed by atoms with Crippen molar-refractivity contribution in [3.05, 3.63) is 35.4 Å². The van der Waals surface area contributed by atoms with Crippen LogP contribution in [0.25, 0.3) is 10.9 Å². The third-order valence-corrected chi connectivity index (χ3v) is 10.4. The third kappa shape index (κ3) is 7.51. The lowest BCUT2D eigenvalue weighted by molar-refractivity contribution is -0.145. The number of carbonyl (C=O) groups excluding carboxylic acids is 3. The number of fused-ring (bicyclic) bond motifs is 3. The number of amides is 3. The van der Waals surface area contributed by atoms with Crippen LogP contribution in [-0.4, -0.2) is 89.5 Å². The second-order valence-corrected chi connectivity index (χ2v) is 13.7. The molecule has 0 unspecified atom stereocenters. The number of allylic oxidation sites excluding steroid dienone is 1. The van der Waals surface area contributed by atoms with Gasteiger partial charge in [-0.15, -0.1) is 0 Å². The molecule has 13 nitrogen and oxygen atoms in total. The summed E-state index contributed by atoms with van der Waals surface area (Å²) >= 11 is 6.58. The Kier molecular flexibility index (Phi) is 10.4. The molecule has 0 spiro atoms. The van der Waals surface area contributed by atoms with Crippen LogP contribution in [0.1, 0.15) is 70.6 Å². The van der Waals surface area contributed by atoms with Crippen LogP contribution in [0.15, 0.2) is 30.4 Å². The molecule has 264 valence electrons. The van der Waals surface area contributed by atoms with E-state index in [4.69, 9.17) is 30.5 Å². The fourth-order valence-electron chi connectivity index (χ4n) is 7.22. The summed E-state index contributed by atoms with van der Waals surface area (Å²) in [6.07, 6.45) is 9.27. The van der Waals surface area contributed by atoms with E-state index in [1.807, 2.05) is 12.2 Å². The number of aromatic nitrogens is 1. The van der Waals surface area contributed by atoms with E-state index >= 15 is 0 Å². The van der Waals surface area contributed by atoms with E-state index in [-0.39, 0.29) is 54.6 Å². The van der Waals surface area contributed by atoms with Crippen molar-refractivity contribution in [2.24, 2.45) is 5.92 Å². The number of ether oxygens (including phenoxy) is 4. The normalized spacial score (nSPS) is 28.3. The number of hydrogen-bond donors (Lipinski definition) is 3. The summed E-state index contributed by atoms with van der Waals surface area (Å²) in [5.74, 6) is -1.34. The number of carboxylic acid groups (broad SMARTS) is 1. The first-order valence-electron chi connectivity index (χ1n) is 17.0. The van der Waals surface area contributed by atoms with Gasteiger partial charge in [0.25, 0.3) is 0 Å². The predicted molar refractivity (Wildman–Crippen MR) is 179 cm³/mol. The smallest absolute Gasteiger partial charge is 0.407 e. The van der Waals surface area contributed by atoms with Gasteiger partial charge < -0.3 is 39.6 Å². The Hall–Kier alpha value is -4.26. The Morgan fingerprint density at radius 1 is 1.06 bits per heavy atom. The van der Waals surface area contributed by atoms with Gasteiger partial charge in [-0.25, -0.2) is 14.6 Å². The van der Waals surface area contributed by atoms with E-state index < -0.39 is 41.7 Å². The summed E-state index contributed by atoms with van der Waals surface area (Å²) in [6, 6.07) is 3.54. The van der Waals surface area contributed by atoms with Crippen LogP contribution in [0.4, 0.5) is 4.79 Å². The second kappa shape index (κ2) is 14.7. The topological polar surface area (TPSA) is 166 Å². The highest BCUT2D eigenvalue weighted by Crippen LogP contribution is 2.46. The molecule has 2 saturated carbocycles. The summed E-state index contributed by atoms with van der Waals surface area (Å²) in [5.41, 5.74) is -1.04. The van der Waals surface area contributed by atoms with Crippen LogP contribution >= 0.6 is 11.6 Å². The Balaban J connectivity index is 1.27. The fraction of sp³-hybridized carbons (Fsp3) is 0.571. The van der Waals surface area contributed by atoms with Crippen LogP contribution in [0.3, 0.4) is 0 Å². The lowest BCUT2D eigenvalue weighted by Crippen LogP contribution is -2.53. The van der Waals surface area contributed by atoms with Crippen LogP contribution in [0, 0.1) is 5.92 Å². The molecule has 2 aliphatic heterocycles. The molecule has 0 bridgehead atoms. The summed E-state index contributed by atoms with van der Waals surface area (Å²) in [5, 5.41) is 16.7. The minimum atomic E-state index is -1.43. The number of aliphatic carboxylic acids is 1. The first-order chi connectivity index (χ1) is 23.6. The molecule has 1 saturated heterocycles. The summed E-state index contributed by atoms with van der Waals surface area (Å²) < 4.78 is 22.9. The van der Waals surface area contributed by atoms with Crippen molar-refractivity contribution in [3.63, 3.8) is 0 Å². The quantitative estimate of drug-likeness (QED) is 0.343. The number of alkyl carbamates (subject to hydrolysis) is 1. The Morgan fingerprint density at radius 2 is 1.84 bits per heavy atom. The van der Waals surface area contributed by atoms with Crippen molar-refractivity contribution in [1.29, 1.82) is 0 Å². The monoisotopic (exact) mass is 698 g/mol. The number of pyridine rings is 1. The molecule has 0 radical (unpaired) electrons. The minimum Gasteiger partial charge on any atom is -0.495 e. The Bertz CT molecular complexity index is 1630. The molecule has 1 aromatic heterocycles. The molecule has 5 atom stereocenters. The van der Waals surface area contributed by atoms with E-state index in [0.717, 1.165) is 38.5 Å². The number of nitrogens with one attached hydrogen (secondary N) is 2. The summed E-state index contributed by atoms with van der Waals surface area (Å²) in [4.78, 5) is 59.1. The SMILES string of the molecule is COc1cc(O[C@@H]2C[C@H]3C(=O)N[C@]4(C(=O)O)C[C@@H]4/C=C\CCCC[C@H](NC(=O)OC4CCCC4)CC(=O)N3C2)c2ccc(OC)c(Cl)c2n1. The first-order valence-corrected chi connectivity index (χ1v) is 17.4. The Morgan fingerprint density at radius 3 is 2.57 bits per heavy atom. The van der Waals surface area contributed by atoms with E-state index in [9.17, 15) is 24.3 Å². The fourth-order valence-corrected chi connectivity index (χ4v) is 7.51. The molecule has 3 heterocycles. The number of rotatable bonds is 7. The molecule has 49 heavy (non-hydrogen) atoms. The molecular formula is C35H43ClN4O9. The van der Waals surface area contributed by atoms with E-state index in [0.29, 0.717) is 35.2 Å². The number of carbonyl (C=O) groups is 4. The van der Waals surface area contributed by atoms with Crippen molar-refractivity contribution >= 4 is 46.4 Å². The third-order valence-electron chi connectivity index (χ3n) is 10.0. The number of nitrogens with zero attached hydrogens (tertiary/aromatic N) is 2. The van der Waals surface area contributed by atoms with Gasteiger partial charge >= 0.3 is 12.1 Å². The van der Waals surface area contributed by atoms with Crippen molar-refractivity contribution < 1.29 is 43.2 Å². The maximum absolute atomic E-state index is 14.1. The van der Waals surface area contributed by atoms with Gasteiger partial charge in [0.05, 0.1) is 20.8 Å². The second-order valence-electron chi connectivity index (χ2n) is 13.3. The molecule has 1 aromatic carbocycles. The number of halogens is 1. The molecule has 2 aromatic rings. The van der Waals surface area contributed by atoms with Gasteiger partial charge in [-0.3, -0.25) is 9.59 Å². The zero-order chi connectivity index (χ0) is 34.7. The molecular weight excluding hydrogens is 656 g/mol. The lowest BCUT2D eigenvalue weighted by atomic mass is 10.0. The van der Waals surface area contributed by atoms with E-state index in [2.05, 4.69) is 15.6 Å². The standard InChI is InChI=1S/C35H43ClN4O9/c1-46-26-14-13-24-27(17-28(47-2)38-31(24)30(26)36)48-23-16-25-32(42)39-35(33(43)44)18-20(35)9-5-3-4-6-10-21(15-29(41)40(25)19-23)37-34(45)49-22-11-7-8-12-22/h5,9,13-14,17,20-23,25H,3-4,6-8,10-12,15-16,18-19H2,1-2H3,(H,37,45)(H,39,42)(H,43,44)/b9-5-/t20-,21-,23+,25-,35+/m0/s1. The van der Waals surface area contributed by atoms with Crippen molar-refractivity contribution in [2.45, 2.75) is 100 Å². The van der Waals surface area contributed by atoms with Gasteiger partial charge in [-0.1, -0.05) is 30.2 Å². The minimum absolute atomic E-state index is 0.0512. The van der Waals surface area contributed by atoms with Gasteiger partial charge in [-0.05, 0) is 63.5 Å². The molecule has 2 aliphatic carbocycles. The first kappa shape index (κ1) is 34.6. The van der Waals surface area contributed by atoms with E-state index in [1.54, 1.807) is 18.2 Å². The number of methoxy groups -OCH3 is 2. The largest absolute Gasteiger partial charge is 0.495 e. The molecule has 3 amide bonds. The van der Waals surface area contributed by atoms with Gasteiger partial charge in [0.1, 0.15) is 45.8 Å². The summed E-state index contributed by atoms with van der Waals surface area (Å²) in [6.45, 7) is 0.0512. The Labute approximate surface area is 289 Å². The van der Waals surface area contributed by atoms with Crippen molar-refractivity contribution in [2.75, 3.05) is 20.8 Å². The van der Waals surface area contributed by atoms with Crippen LogP contribution in [0.5, 0.6) is 17.4 Å². The van der Waals surface area contributed by atoms with Crippen LogP contribution in [-0.2, 0) is 19.1 Å².